The van der Waals surface area contributed by atoms with E-state index in [0.29, 0.717) is 0 Å². The van der Waals surface area contributed by atoms with Crippen molar-refractivity contribution in [3.63, 3.8) is 0 Å². The maximum absolute atomic E-state index is 12.4. The average molecular weight is 329 g/mol. The van der Waals surface area contributed by atoms with Gasteiger partial charge >= 0.3 is 0 Å². The molecule has 0 saturated heterocycles. The van der Waals surface area contributed by atoms with E-state index in [1.54, 1.807) is 18.2 Å². The number of anilines is 1. The highest BCUT2D eigenvalue weighted by Crippen LogP contribution is 2.26. The summed E-state index contributed by atoms with van der Waals surface area (Å²) in [7, 11) is -4.09. The maximum Gasteiger partial charge on any atom is 0.289 e. The van der Waals surface area contributed by atoms with Gasteiger partial charge in [0, 0.05) is 11.5 Å². The summed E-state index contributed by atoms with van der Waals surface area (Å²) < 4.78 is 27.2. The molecule has 0 aliphatic heterocycles. The summed E-state index contributed by atoms with van der Waals surface area (Å²) in [6, 6.07) is 14.0. The van der Waals surface area contributed by atoms with Gasteiger partial charge in [-0.2, -0.15) is 0 Å². The largest absolute Gasteiger partial charge is 0.289 e. The van der Waals surface area contributed by atoms with Gasteiger partial charge < -0.3 is 0 Å². The Bertz CT molecular complexity index is 1000. The summed E-state index contributed by atoms with van der Waals surface area (Å²) in [6.07, 6.45) is 1.37. The minimum Gasteiger partial charge on any atom is -0.278 e. The second kappa shape index (κ2) is 5.65. The van der Waals surface area contributed by atoms with Crippen molar-refractivity contribution in [3.05, 3.63) is 70.9 Å². The zero-order valence-corrected chi connectivity index (χ0v) is 12.5. The van der Waals surface area contributed by atoms with Gasteiger partial charge in [-0.1, -0.05) is 30.3 Å². The first-order chi connectivity index (χ1) is 11.0. The van der Waals surface area contributed by atoms with Crippen LogP contribution >= 0.6 is 0 Å². The minimum absolute atomic E-state index is 0.238. The summed E-state index contributed by atoms with van der Waals surface area (Å²) >= 11 is 0. The number of pyridine rings is 1. The number of hydrogen-bond acceptors (Lipinski definition) is 5. The third kappa shape index (κ3) is 2.97. The highest BCUT2D eigenvalue weighted by molar-refractivity contribution is 7.92. The molecule has 0 spiro atoms. The summed E-state index contributed by atoms with van der Waals surface area (Å²) in [5, 5.41) is 11.8. The van der Waals surface area contributed by atoms with Crippen LogP contribution in [0.4, 0.5) is 11.4 Å². The zero-order chi connectivity index (χ0) is 16.4. The van der Waals surface area contributed by atoms with E-state index >= 15 is 0 Å². The molecule has 116 valence electrons. The Hall–Kier alpha value is -3.00. The second-order valence-corrected chi connectivity index (χ2v) is 6.40. The predicted octanol–water partition coefficient (Wildman–Crippen LogP) is 2.94. The zero-order valence-electron chi connectivity index (χ0n) is 11.7. The fraction of sp³-hybridized carbons (Fsp3) is 0. The van der Waals surface area contributed by atoms with Gasteiger partial charge in [0.2, 0.25) is 0 Å². The lowest BCUT2D eigenvalue weighted by atomic mass is 10.2. The van der Waals surface area contributed by atoms with Crippen molar-refractivity contribution in [3.8, 4) is 0 Å². The van der Waals surface area contributed by atoms with Gasteiger partial charge in [-0.25, -0.2) is 8.42 Å². The molecule has 7 nitrogen and oxygen atoms in total. The molecular weight excluding hydrogens is 318 g/mol. The lowest BCUT2D eigenvalue weighted by Gasteiger charge is -2.08. The van der Waals surface area contributed by atoms with Crippen LogP contribution in [0, 0.1) is 10.1 Å². The van der Waals surface area contributed by atoms with E-state index < -0.39 is 25.5 Å². The Kier molecular flexibility index (Phi) is 3.67. The van der Waals surface area contributed by atoms with Crippen LogP contribution in [0.25, 0.3) is 10.9 Å². The van der Waals surface area contributed by atoms with Crippen LogP contribution in [0.5, 0.6) is 0 Å². The topological polar surface area (TPSA) is 102 Å². The van der Waals surface area contributed by atoms with Crippen LogP contribution in [0.1, 0.15) is 0 Å². The SMILES string of the molecule is O=[N+]([O-])c1ccccc1S(=O)(=O)Nc1cnc2ccccc2c1. The fourth-order valence-electron chi connectivity index (χ4n) is 2.17. The van der Waals surface area contributed by atoms with Gasteiger partial charge in [0.05, 0.1) is 22.3 Å². The third-order valence-corrected chi connectivity index (χ3v) is 4.62. The van der Waals surface area contributed by atoms with Gasteiger partial charge in [-0.3, -0.25) is 19.8 Å². The third-order valence-electron chi connectivity index (χ3n) is 3.19. The van der Waals surface area contributed by atoms with Gasteiger partial charge in [0.1, 0.15) is 0 Å². The number of nitro groups is 1. The molecule has 0 radical (unpaired) electrons. The Balaban J connectivity index is 2.02. The minimum atomic E-state index is -4.09. The summed E-state index contributed by atoms with van der Waals surface area (Å²) in [6.45, 7) is 0. The highest BCUT2D eigenvalue weighted by atomic mass is 32.2. The van der Waals surface area contributed by atoms with Crippen molar-refractivity contribution >= 4 is 32.3 Å². The predicted molar refractivity (Wildman–Crippen MR) is 85.6 cm³/mol. The normalized spacial score (nSPS) is 11.3. The number of nitro benzene ring substituents is 1. The molecule has 0 aliphatic rings. The van der Waals surface area contributed by atoms with Crippen LogP contribution in [0.3, 0.4) is 0 Å². The van der Waals surface area contributed by atoms with Crippen molar-refractivity contribution in [2.24, 2.45) is 0 Å². The van der Waals surface area contributed by atoms with Crippen molar-refractivity contribution in [1.82, 2.24) is 4.98 Å². The van der Waals surface area contributed by atoms with Crippen molar-refractivity contribution in [2.45, 2.75) is 4.90 Å². The number of fused-ring (bicyclic) bond motifs is 1. The molecule has 0 amide bonds. The Morgan fingerprint density at radius 2 is 1.74 bits per heavy atom. The van der Waals surface area contributed by atoms with Crippen LogP contribution in [0.2, 0.25) is 0 Å². The molecule has 1 aromatic heterocycles. The Morgan fingerprint density at radius 3 is 2.52 bits per heavy atom. The van der Waals surface area contributed by atoms with Crippen LogP contribution < -0.4 is 4.72 Å². The number of aromatic nitrogens is 1. The number of hydrogen-bond donors (Lipinski definition) is 1. The molecule has 3 aromatic rings. The van der Waals surface area contributed by atoms with E-state index in [1.807, 2.05) is 12.1 Å². The molecule has 8 heteroatoms. The molecule has 3 rings (SSSR count). The first-order valence-corrected chi connectivity index (χ1v) is 8.07. The molecule has 1 N–H and O–H groups in total. The molecule has 2 aromatic carbocycles. The van der Waals surface area contributed by atoms with Gasteiger partial charge in [0.25, 0.3) is 15.7 Å². The Labute approximate surface area is 131 Å². The van der Waals surface area contributed by atoms with Gasteiger partial charge in [0.15, 0.2) is 4.90 Å². The average Bonchev–Trinajstić information content (AvgIpc) is 2.54. The number of nitrogens with one attached hydrogen (secondary N) is 1. The fourth-order valence-corrected chi connectivity index (χ4v) is 3.38. The molecule has 23 heavy (non-hydrogen) atoms. The number of para-hydroxylation sites is 2. The monoisotopic (exact) mass is 329 g/mol. The summed E-state index contributed by atoms with van der Waals surface area (Å²) in [5.41, 5.74) is 0.483. The number of benzene rings is 2. The van der Waals surface area contributed by atoms with E-state index in [0.717, 1.165) is 17.0 Å². The Morgan fingerprint density at radius 1 is 1.04 bits per heavy atom. The van der Waals surface area contributed by atoms with Gasteiger partial charge in [-0.15, -0.1) is 0 Å². The van der Waals surface area contributed by atoms with Crippen LogP contribution in [-0.2, 0) is 10.0 Å². The molecule has 0 saturated carbocycles. The first-order valence-electron chi connectivity index (χ1n) is 6.58. The van der Waals surface area contributed by atoms with Gasteiger partial charge in [-0.05, 0) is 18.2 Å². The molecule has 0 fully saturated rings. The van der Waals surface area contributed by atoms with Crippen molar-refractivity contribution < 1.29 is 13.3 Å². The second-order valence-electron chi connectivity index (χ2n) is 4.75. The maximum atomic E-state index is 12.4. The summed E-state index contributed by atoms with van der Waals surface area (Å²) in [4.78, 5) is 14.0. The molecule has 0 unspecified atom stereocenters. The first kappa shape index (κ1) is 14.9. The van der Waals surface area contributed by atoms with Crippen LogP contribution in [0.15, 0.2) is 65.7 Å². The lowest BCUT2D eigenvalue weighted by Crippen LogP contribution is -2.14. The standard InChI is InChI=1S/C15H11N3O4S/c19-18(20)14-7-3-4-8-15(14)23(21,22)17-12-9-11-5-1-2-6-13(11)16-10-12/h1-10,17H. The van der Waals surface area contributed by atoms with E-state index in [9.17, 15) is 18.5 Å². The van der Waals surface area contributed by atoms with Crippen LogP contribution in [-0.4, -0.2) is 18.3 Å². The number of sulfonamides is 1. The molecule has 1 heterocycles. The smallest absolute Gasteiger partial charge is 0.278 e. The number of nitrogens with zero attached hydrogens (tertiary/aromatic N) is 2. The highest BCUT2D eigenvalue weighted by Gasteiger charge is 2.25. The number of rotatable bonds is 4. The quantitative estimate of drug-likeness (QED) is 0.585. The van der Waals surface area contributed by atoms with Crippen molar-refractivity contribution in [1.29, 1.82) is 0 Å². The van der Waals surface area contributed by atoms with E-state index in [1.165, 1.54) is 24.4 Å². The molecule has 0 atom stereocenters. The lowest BCUT2D eigenvalue weighted by molar-refractivity contribution is -0.387. The molecule has 0 aliphatic carbocycles. The van der Waals surface area contributed by atoms with E-state index in [4.69, 9.17) is 0 Å². The van der Waals surface area contributed by atoms with E-state index in [2.05, 4.69) is 9.71 Å². The molecular formula is C15H11N3O4S. The molecule has 0 bridgehead atoms. The van der Waals surface area contributed by atoms with E-state index in [-0.39, 0.29) is 5.69 Å². The summed E-state index contributed by atoms with van der Waals surface area (Å²) in [5.74, 6) is 0. The van der Waals surface area contributed by atoms with Crippen molar-refractivity contribution in [2.75, 3.05) is 4.72 Å².